The van der Waals surface area contributed by atoms with Crippen molar-refractivity contribution in [1.82, 2.24) is 19.6 Å². The van der Waals surface area contributed by atoms with Crippen LogP contribution in [0.25, 0.3) is 44.3 Å². The fourth-order valence-electron chi connectivity index (χ4n) is 7.91. The molecule has 0 unspecified atom stereocenters. The summed E-state index contributed by atoms with van der Waals surface area (Å²) in [5.74, 6) is 0.767. The van der Waals surface area contributed by atoms with Crippen LogP contribution in [0.1, 0.15) is 80.1 Å². The molecule has 8 aromatic rings. The molecule has 428 valence electrons. The van der Waals surface area contributed by atoms with Crippen molar-refractivity contribution in [2.45, 2.75) is 91.3 Å². The number of hydrogen-bond donors (Lipinski definition) is 1. The second kappa shape index (κ2) is 30.4. The van der Waals surface area contributed by atoms with Gasteiger partial charge in [0, 0.05) is 93.0 Å². The molecule has 3 heterocycles. The Bertz CT molecular complexity index is 3150. The summed E-state index contributed by atoms with van der Waals surface area (Å²) in [7, 11) is 3.01. The molecule has 1 N–H and O–H groups in total. The molecular weight excluding hydrogens is 1300 g/mol. The number of benzene rings is 6. The van der Waals surface area contributed by atoms with Crippen molar-refractivity contribution in [3.63, 3.8) is 0 Å². The first-order valence-electron chi connectivity index (χ1n) is 26.3. The number of unbranched alkanes of at least 4 members (excludes halogenated alkanes) is 2. The molecule has 0 amide bonds. The summed E-state index contributed by atoms with van der Waals surface area (Å²) in [5, 5.41) is 20.4. The molecule has 0 bridgehead atoms. The molecule has 2 aromatic heterocycles. The van der Waals surface area contributed by atoms with E-state index < -0.39 is 18.3 Å². The fraction of sp³-hybridized carbons (Fsp3) is 0.367. The van der Waals surface area contributed by atoms with Crippen LogP contribution in [0.2, 0.25) is 0 Å². The highest BCUT2D eigenvalue weighted by atomic mass is 79.9. The Balaban J connectivity index is 0.000000175. The zero-order valence-corrected chi connectivity index (χ0v) is 52.5. The number of alkyl halides is 1. The van der Waals surface area contributed by atoms with Crippen LogP contribution in [0.5, 0.6) is 23.0 Å². The van der Waals surface area contributed by atoms with Crippen molar-refractivity contribution in [2.24, 2.45) is 14.1 Å². The van der Waals surface area contributed by atoms with Crippen molar-refractivity contribution in [2.75, 3.05) is 38.4 Å². The summed E-state index contributed by atoms with van der Waals surface area (Å²) in [6, 6.07) is 31.0. The Morgan fingerprint density at radius 1 is 0.525 bits per heavy atom. The number of aromatic nitrogens is 4. The van der Waals surface area contributed by atoms with E-state index in [2.05, 4.69) is 87.8 Å². The van der Waals surface area contributed by atoms with E-state index in [1.165, 1.54) is 24.3 Å². The first-order chi connectivity index (χ1) is 38.2. The van der Waals surface area contributed by atoms with Crippen LogP contribution in [0.3, 0.4) is 0 Å². The first-order valence-corrected chi connectivity index (χ1v) is 29.8. The lowest BCUT2D eigenvalue weighted by atomic mass is 9.78. The number of halogens is 8. The van der Waals surface area contributed by atoms with Gasteiger partial charge in [-0.25, -0.2) is 17.6 Å². The van der Waals surface area contributed by atoms with Gasteiger partial charge in [0.1, 0.15) is 57.7 Å². The zero-order chi connectivity index (χ0) is 58.1. The lowest BCUT2D eigenvalue weighted by Crippen LogP contribution is -2.41. The Hall–Kier alpha value is -4.96. The van der Waals surface area contributed by atoms with Crippen LogP contribution >= 0.6 is 63.7 Å². The standard InChI is InChI=1S/C18H18BrFN2O.C17H16BrFN2O2.C16H24BFO3.C9H9Br2FO/c1-3-4-9-23-13-6-8-14(16(20)11-13)18-15-7-5-12(19)10-17(15)22(2)21-18;1-21-16-9-11(18)3-5-14(16)17(20-21)13-6-4-12(10-15(13)19)23-8-2-7-22;1-6-7-10-19-12-8-9-13(14(18)11-12)17-20-15(2,3)16(4,5)21-17;10-4-1-5-13-7-2-3-8(11)9(12)6-7/h5-8,10-11H,3-4,9H2,1-2H3;3-6,9-10,22H,2,7-8H2,1H3;8-9,11H,6-7,10H2,1-5H3;2-3,6H,1,4-5H2. The van der Waals surface area contributed by atoms with Crippen molar-refractivity contribution < 1.29 is 50.9 Å². The van der Waals surface area contributed by atoms with Crippen LogP contribution in [-0.2, 0) is 23.4 Å². The van der Waals surface area contributed by atoms with Gasteiger partial charge in [0.25, 0.3) is 0 Å². The average Bonchev–Trinajstić information content (AvgIpc) is 4.19. The van der Waals surface area contributed by atoms with E-state index in [0.717, 1.165) is 68.2 Å². The number of hydrogen-bond acceptors (Lipinski definition) is 9. The first kappa shape index (κ1) is 64.2. The van der Waals surface area contributed by atoms with Gasteiger partial charge in [0.15, 0.2) is 0 Å². The largest absolute Gasteiger partial charge is 0.497 e. The number of aliphatic hydroxyl groups is 1. The van der Waals surface area contributed by atoms with Gasteiger partial charge in [-0.2, -0.15) is 10.2 Å². The van der Waals surface area contributed by atoms with Crippen molar-refractivity contribution >= 4 is 98.1 Å². The molecule has 1 fully saturated rings. The molecule has 1 aliphatic heterocycles. The maximum absolute atomic E-state index is 14.5. The van der Waals surface area contributed by atoms with Crippen LogP contribution in [0, 0.1) is 23.3 Å². The Morgan fingerprint density at radius 2 is 0.925 bits per heavy atom. The minimum Gasteiger partial charge on any atom is -0.493 e. The van der Waals surface area contributed by atoms with Gasteiger partial charge in [-0.15, -0.1) is 0 Å². The van der Waals surface area contributed by atoms with Gasteiger partial charge in [0.05, 0.1) is 53.1 Å². The summed E-state index contributed by atoms with van der Waals surface area (Å²) in [6.45, 7) is 14.2. The van der Waals surface area contributed by atoms with Crippen molar-refractivity contribution in [1.29, 1.82) is 0 Å². The minimum atomic E-state index is -0.681. The number of rotatable bonds is 19. The van der Waals surface area contributed by atoms with Gasteiger partial charge in [0.2, 0.25) is 0 Å². The maximum atomic E-state index is 14.5. The van der Waals surface area contributed by atoms with E-state index in [1.807, 2.05) is 78.2 Å². The highest BCUT2D eigenvalue weighted by molar-refractivity contribution is 9.11. The maximum Gasteiger partial charge on any atom is 0.497 e. The minimum absolute atomic E-state index is 0.0516. The van der Waals surface area contributed by atoms with Gasteiger partial charge in [-0.3, -0.25) is 9.36 Å². The smallest absolute Gasteiger partial charge is 0.493 e. The monoisotopic (exact) mass is 1360 g/mol. The lowest BCUT2D eigenvalue weighted by Gasteiger charge is -2.32. The SMILES string of the molecule is CCCCOc1ccc(-c2nn(C)c3cc(Br)ccc23)c(F)c1.CCCCOc1ccc(B2OC(C)(C)C(C)(C)O2)c(F)c1.Cn1nc(-c2ccc(OCCCO)cc2F)c2ccc(Br)cc21.Fc1cc(OCCCBr)ccc1Br. The van der Waals surface area contributed by atoms with Crippen LogP contribution in [0.4, 0.5) is 17.6 Å². The topological polar surface area (TPSA) is 111 Å². The van der Waals surface area contributed by atoms with E-state index in [4.69, 9.17) is 33.4 Å². The number of aliphatic hydroxyl groups excluding tert-OH is 1. The second-order valence-electron chi connectivity index (χ2n) is 19.6. The van der Waals surface area contributed by atoms with E-state index >= 15 is 0 Å². The van der Waals surface area contributed by atoms with E-state index in [-0.39, 0.29) is 29.9 Å². The molecule has 1 aliphatic rings. The van der Waals surface area contributed by atoms with Crippen molar-refractivity contribution in [3.8, 4) is 45.5 Å². The molecule has 0 spiro atoms. The summed E-state index contributed by atoms with van der Waals surface area (Å²) in [5.41, 5.74) is 3.53. The summed E-state index contributed by atoms with van der Waals surface area (Å²) < 4.78 is 95.6. The Kier molecular flexibility index (Phi) is 24.4. The molecule has 20 heteroatoms. The van der Waals surface area contributed by atoms with Crippen LogP contribution in [0.15, 0.2) is 123 Å². The normalized spacial score (nSPS) is 13.2. The molecule has 6 aromatic carbocycles. The molecule has 80 heavy (non-hydrogen) atoms. The third-order valence-corrected chi connectivity index (χ3v) is 15.2. The second-order valence-corrected chi connectivity index (χ2v) is 23.1. The Labute approximate surface area is 500 Å². The zero-order valence-electron chi connectivity index (χ0n) is 46.2. The molecule has 9 rings (SSSR count). The molecule has 11 nitrogen and oxygen atoms in total. The van der Waals surface area contributed by atoms with Crippen molar-refractivity contribution in [3.05, 3.63) is 146 Å². The number of fused-ring (bicyclic) bond motifs is 2. The van der Waals surface area contributed by atoms with Crippen LogP contribution in [-0.4, -0.2) is 81.4 Å². The Morgan fingerprint density at radius 3 is 1.32 bits per heavy atom. The molecular formula is C60H67BBr4F4N4O7. The molecule has 1 saturated heterocycles. The van der Waals surface area contributed by atoms with Crippen LogP contribution < -0.4 is 24.4 Å². The fourth-order valence-corrected chi connectivity index (χ4v) is 9.08. The lowest BCUT2D eigenvalue weighted by molar-refractivity contribution is 0.00578. The number of nitrogens with zero attached hydrogens (tertiary/aromatic N) is 4. The predicted octanol–water partition coefficient (Wildman–Crippen LogP) is 16.3. The summed E-state index contributed by atoms with van der Waals surface area (Å²) >= 11 is 13.3. The highest BCUT2D eigenvalue weighted by Gasteiger charge is 2.52. The van der Waals surface area contributed by atoms with E-state index in [0.29, 0.717) is 88.3 Å². The third kappa shape index (κ3) is 17.3. The third-order valence-electron chi connectivity index (χ3n) is 13.0. The molecule has 0 radical (unpaired) electrons. The number of ether oxygens (including phenoxy) is 4. The van der Waals surface area contributed by atoms with Gasteiger partial charge in [-0.1, -0.05) is 80.5 Å². The predicted molar refractivity (Wildman–Crippen MR) is 326 cm³/mol. The van der Waals surface area contributed by atoms with E-state index in [1.54, 1.807) is 57.9 Å². The average molecular weight is 1360 g/mol. The summed E-state index contributed by atoms with van der Waals surface area (Å²) in [4.78, 5) is 0. The highest BCUT2D eigenvalue weighted by Crippen LogP contribution is 2.38. The quantitative estimate of drug-likeness (QED) is 0.0366. The summed E-state index contributed by atoms with van der Waals surface area (Å²) in [6.07, 6.45) is 5.45. The molecule has 0 saturated carbocycles. The molecule has 0 atom stereocenters. The van der Waals surface area contributed by atoms with Gasteiger partial charge >= 0.3 is 7.12 Å². The van der Waals surface area contributed by atoms with E-state index in [9.17, 15) is 17.6 Å². The van der Waals surface area contributed by atoms with Gasteiger partial charge in [-0.05, 0) is 142 Å². The molecule has 0 aliphatic carbocycles. The number of aryl methyl sites for hydroxylation is 2. The van der Waals surface area contributed by atoms with Gasteiger partial charge < -0.3 is 33.4 Å².